The van der Waals surface area contributed by atoms with Crippen LogP contribution in [0.25, 0.3) is 0 Å². The van der Waals surface area contributed by atoms with E-state index in [9.17, 15) is 13.2 Å². The molecule has 2 heterocycles. The molecule has 1 aromatic carbocycles. The quantitative estimate of drug-likeness (QED) is 0.819. The summed E-state index contributed by atoms with van der Waals surface area (Å²) < 4.78 is 27.8. The summed E-state index contributed by atoms with van der Waals surface area (Å²) in [4.78, 5) is 16.7. The number of nitrogens with one attached hydrogen (secondary N) is 1. The van der Waals surface area contributed by atoms with Gasteiger partial charge in [0.1, 0.15) is 5.82 Å². The summed E-state index contributed by atoms with van der Waals surface area (Å²) in [5.41, 5.74) is 0. The third kappa shape index (κ3) is 4.26. The Kier molecular flexibility index (Phi) is 5.51. The lowest BCUT2D eigenvalue weighted by Gasteiger charge is -2.31. The predicted octanol–water partition coefficient (Wildman–Crippen LogP) is 2.88. The summed E-state index contributed by atoms with van der Waals surface area (Å²) >= 11 is 3.30. The normalized spacial score (nSPS) is 18.7. The molecule has 0 radical (unpaired) electrons. The van der Waals surface area contributed by atoms with E-state index in [2.05, 4.69) is 26.2 Å². The molecule has 1 saturated heterocycles. The van der Waals surface area contributed by atoms with Gasteiger partial charge < -0.3 is 5.32 Å². The Morgan fingerprint density at radius 3 is 2.64 bits per heavy atom. The fourth-order valence-electron chi connectivity index (χ4n) is 2.80. The zero-order valence-corrected chi connectivity index (χ0v) is 15.8. The minimum Gasteiger partial charge on any atom is -0.310 e. The van der Waals surface area contributed by atoms with Gasteiger partial charge in [-0.2, -0.15) is 4.31 Å². The maximum atomic E-state index is 12.8. The Balaban J connectivity index is 1.72. The highest BCUT2D eigenvalue weighted by Gasteiger charge is 2.33. The van der Waals surface area contributed by atoms with Crippen LogP contribution in [-0.4, -0.2) is 36.7 Å². The van der Waals surface area contributed by atoms with Crippen molar-refractivity contribution in [3.8, 4) is 0 Å². The number of pyridine rings is 1. The first kappa shape index (κ1) is 18.0. The van der Waals surface area contributed by atoms with E-state index in [0.29, 0.717) is 25.2 Å². The number of aromatic nitrogens is 1. The van der Waals surface area contributed by atoms with Crippen LogP contribution in [0.15, 0.2) is 58.0 Å². The average molecular weight is 424 g/mol. The number of amides is 1. The molecule has 1 aliphatic heterocycles. The van der Waals surface area contributed by atoms with Gasteiger partial charge in [-0.05, 0) is 49.2 Å². The van der Waals surface area contributed by atoms with E-state index >= 15 is 0 Å². The van der Waals surface area contributed by atoms with Gasteiger partial charge in [0.25, 0.3) is 0 Å². The number of nitrogens with zero attached hydrogens (tertiary/aromatic N) is 2. The molecule has 6 nitrogen and oxygen atoms in total. The Morgan fingerprint density at radius 1 is 1.20 bits per heavy atom. The van der Waals surface area contributed by atoms with Crippen molar-refractivity contribution in [3.05, 3.63) is 53.1 Å². The van der Waals surface area contributed by atoms with Gasteiger partial charge >= 0.3 is 0 Å². The van der Waals surface area contributed by atoms with Crippen LogP contribution in [0.3, 0.4) is 0 Å². The molecule has 3 rings (SSSR count). The molecule has 1 N–H and O–H groups in total. The fourth-order valence-corrected chi connectivity index (χ4v) is 4.58. The molecule has 0 bridgehead atoms. The predicted molar refractivity (Wildman–Crippen MR) is 98.5 cm³/mol. The first-order valence-corrected chi connectivity index (χ1v) is 10.2. The highest BCUT2D eigenvalue weighted by molar-refractivity contribution is 9.10. The number of anilines is 1. The number of sulfonamides is 1. The molecule has 0 saturated carbocycles. The number of hydrogen-bond acceptors (Lipinski definition) is 4. The van der Waals surface area contributed by atoms with E-state index < -0.39 is 10.0 Å². The maximum Gasteiger partial charge on any atom is 0.243 e. The summed E-state index contributed by atoms with van der Waals surface area (Å²) in [5, 5.41) is 2.75. The molecule has 132 valence electrons. The van der Waals surface area contributed by atoms with Crippen molar-refractivity contribution < 1.29 is 13.2 Å². The second-order valence-corrected chi connectivity index (χ2v) is 8.71. The summed E-state index contributed by atoms with van der Waals surface area (Å²) in [6.45, 7) is 0.600. The van der Waals surface area contributed by atoms with Gasteiger partial charge in [-0.1, -0.05) is 22.0 Å². The van der Waals surface area contributed by atoms with Gasteiger partial charge in [0.15, 0.2) is 0 Å². The Morgan fingerprint density at radius 2 is 1.96 bits per heavy atom. The van der Waals surface area contributed by atoms with Crippen LogP contribution in [0.2, 0.25) is 0 Å². The molecular weight excluding hydrogens is 406 g/mol. The number of carbonyl (C=O) groups excluding carboxylic acids is 1. The van der Waals surface area contributed by atoms with Crippen molar-refractivity contribution in [1.82, 2.24) is 9.29 Å². The largest absolute Gasteiger partial charge is 0.310 e. The van der Waals surface area contributed by atoms with Crippen LogP contribution < -0.4 is 5.32 Å². The molecular formula is C17H18BrN3O3S. The molecule has 0 spiro atoms. The van der Waals surface area contributed by atoms with Gasteiger partial charge in [0.2, 0.25) is 15.9 Å². The lowest BCUT2D eigenvalue weighted by atomic mass is 9.99. The fraction of sp³-hybridized carbons (Fsp3) is 0.294. The van der Waals surface area contributed by atoms with Gasteiger partial charge in [0.05, 0.1) is 10.8 Å². The lowest BCUT2D eigenvalue weighted by Crippen LogP contribution is -2.43. The molecule has 8 heteroatoms. The van der Waals surface area contributed by atoms with E-state index in [0.717, 1.165) is 4.47 Å². The number of carbonyl (C=O) groups is 1. The smallest absolute Gasteiger partial charge is 0.243 e. The second kappa shape index (κ2) is 7.63. The number of piperidine rings is 1. The molecule has 1 aromatic heterocycles. The standard InChI is InChI=1S/C17H18BrN3O3S/c18-14-6-8-15(9-7-14)25(23,24)21-11-3-4-13(12-21)17(22)20-16-5-1-2-10-19-16/h1-2,5-10,13H,3-4,11-12H2,(H,19,20,22)/t13-/m0/s1. The minimum absolute atomic E-state index is 0.178. The first-order valence-electron chi connectivity index (χ1n) is 7.94. The van der Waals surface area contributed by atoms with Crippen molar-refractivity contribution in [3.63, 3.8) is 0 Å². The monoisotopic (exact) mass is 423 g/mol. The summed E-state index contributed by atoms with van der Waals surface area (Å²) in [6, 6.07) is 11.8. The van der Waals surface area contributed by atoms with Crippen LogP contribution in [-0.2, 0) is 14.8 Å². The zero-order valence-electron chi connectivity index (χ0n) is 13.4. The molecule has 0 aliphatic carbocycles. The number of hydrogen-bond donors (Lipinski definition) is 1. The van der Waals surface area contributed by atoms with Gasteiger partial charge in [-0.15, -0.1) is 0 Å². The third-order valence-corrected chi connectivity index (χ3v) is 6.53. The topological polar surface area (TPSA) is 79.4 Å². The van der Waals surface area contributed by atoms with Crippen molar-refractivity contribution in [2.75, 3.05) is 18.4 Å². The van der Waals surface area contributed by atoms with E-state index in [1.54, 1.807) is 48.7 Å². The van der Waals surface area contributed by atoms with Crippen molar-refractivity contribution >= 4 is 37.7 Å². The summed E-state index contributed by atoms with van der Waals surface area (Å²) in [5.74, 6) is -0.115. The SMILES string of the molecule is O=C(Nc1ccccn1)[C@H]1CCCN(S(=O)(=O)c2ccc(Br)cc2)C1. The highest BCUT2D eigenvalue weighted by Crippen LogP contribution is 2.25. The number of halogens is 1. The maximum absolute atomic E-state index is 12.8. The molecule has 1 amide bonds. The molecule has 25 heavy (non-hydrogen) atoms. The van der Waals surface area contributed by atoms with Crippen molar-refractivity contribution in [2.24, 2.45) is 5.92 Å². The third-order valence-electron chi connectivity index (χ3n) is 4.12. The van der Waals surface area contributed by atoms with Crippen LogP contribution in [0.5, 0.6) is 0 Å². The van der Waals surface area contributed by atoms with Gasteiger partial charge in [-0.25, -0.2) is 13.4 Å². The summed E-state index contributed by atoms with van der Waals surface area (Å²) in [6.07, 6.45) is 2.90. The Bertz CT molecular complexity index is 841. The molecule has 1 fully saturated rings. The molecule has 0 unspecified atom stereocenters. The van der Waals surface area contributed by atoms with Gasteiger partial charge in [0, 0.05) is 23.8 Å². The Hall–Kier alpha value is -1.77. The van der Waals surface area contributed by atoms with E-state index in [1.165, 1.54) is 4.31 Å². The second-order valence-electron chi connectivity index (χ2n) is 5.86. The van der Waals surface area contributed by atoms with E-state index in [-0.39, 0.29) is 23.3 Å². The first-order chi connectivity index (χ1) is 12.0. The molecule has 1 aliphatic rings. The average Bonchev–Trinajstić information content (AvgIpc) is 2.63. The Labute approximate surface area is 155 Å². The summed E-state index contributed by atoms with van der Waals surface area (Å²) in [7, 11) is -3.60. The van der Waals surface area contributed by atoms with Crippen molar-refractivity contribution in [1.29, 1.82) is 0 Å². The molecule has 2 aromatic rings. The lowest BCUT2D eigenvalue weighted by molar-refractivity contribution is -0.120. The molecule has 1 atom stereocenters. The van der Waals surface area contributed by atoms with Crippen LogP contribution >= 0.6 is 15.9 Å². The minimum atomic E-state index is -3.60. The number of benzene rings is 1. The van der Waals surface area contributed by atoms with Crippen LogP contribution in [0, 0.1) is 5.92 Å². The highest BCUT2D eigenvalue weighted by atomic mass is 79.9. The van der Waals surface area contributed by atoms with E-state index in [4.69, 9.17) is 0 Å². The number of rotatable bonds is 4. The van der Waals surface area contributed by atoms with Gasteiger partial charge in [-0.3, -0.25) is 4.79 Å². The van der Waals surface area contributed by atoms with Crippen LogP contribution in [0.4, 0.5) is 5.82 Å². The zero-order chi connectivity index (χ0) is 17.9. The van der Waals surface area contributed by atoms with E-state index in [1.807, 2.05) is 0 Å². The van der Waals surface area contributed by atoms with Crippen LogP contribution in [0.1, 0.15) is 12.8 Å². The van der Waals surface area contributed by atoms with Crippen molar-refractivity contribution in [2.45, 2.75) is 17.7 Å².